The average Bonchev–Trinajstić information content (AvgIpc) is 3.09. The Labute approximate surface area is 300 Å². The number of phosphoric acid groups is 1. The monoisotopic (exact) mass is 709 g/mol. The molecule has 0 saturated heterocycles. The van der Waals surface area contributed by atoms with Crippen molar-refractivity contribution in [3.05, 3.63) is 60.8 Å². The van der Waals surface area contributed by atoms with Crippen molar-refractivity contribution in [2.45, 2.75) is 167 Å². The number of allylic oxidation sites excluding steroid dienone is 10. The van der Waals surface area contributed by atoms with Gasteiger partial charge in [0.25, 0.3) is 0 Å². The van der Waals surface area contributed by atoms with Crippen molar-refractivity contribution in [3.8, 4) is 0 Å². The normalized spacial score (nSPS) is 15.0. The lowest BCUT2D eigenvalue weighted by molar-refractivity contribution is -0.123. The number of amides is 1. The Morgan fingerprint density at radius 2 is 1.18 bits per heavy atom. The van der Waals surface area contributed by atoms with Crippen LogP contribution in [0.25, 0.3) is 0 Å². The molecule has 0 fully saturated rings. The van der Waals surface area contributed by atoms with Crippen LogP contribution in [-0.2, 0) is 18.4 Å². The summed E-state index contributed by atoms with van der Waals surface area (Å²) < 4.78 is 22.0. The summed E-state index contributed by atoms with van der Waals surface area (Å²) >= 11 is 0. The maximum Gasteiger partial charge on any atom is 0.472 e. The van der Waals surface area contributed by atoms with Crippen LogP contribution in [0.3, 0.4) is 0 Å². The summed E-state index contributed by atoms with van der Waals surface area (Å²) in [6, 6.07) is -0.780. The third-order valence-corrected chi connectivity index (χ3v) is 9.12. The number of nitrogens with two attached hydrogens (primary N) is 1. The molecule has 0 aliphatic rings. The van der Waals surface area contributed by atoms with Crippen LogP contribution in [0.1, 0.15) is 155 Å². The van der Waals surface area contributed by atoms with Gasteiger partial charge >= 0.3 is 7.82 Å². The van der Waals surface area contributed by atoms with Crippen LogP contribution < -0.4 is 11.1 Å². The summed E-state index contributed by atoms with van der Waals surface area (Å²) in [6.45, 7) is 4.01. The number of phosphoric ester groups is 1. The minimum absolute atomic E-state index is 0.0834. The summed E-state index contributed by atoms with van der Waals surface area (Å²) in [4.78, 5) is 22.5. The molecule has 9 heteroatoms. The Balaban J connectivity index is 4.09. The molecule has 0 saturated carbocycles. The second-order valence-corrected chi connectivity index (χ2v) is 14.2. The molecule has 49 heavy (non-hydrogen) atoms. The van der Waals surface area contributed by atoms with E-state index in [1.807, 2.05) is 0 Å². The van der Waals surface area contributed by atoms with E-state index in [4.69, 9.17) is 14.8 Å². The van der Waals surface area contributed by atoms with Gasteiger partial charge in [0, 0.05) is 13.0 Å². The molecule has 0 aromatic heterocycles. The fourth-order valence-corrected chi connectivity index (χ4v) is 5.98. The highest BCUT2D eigenvalue weighted by Gasteiger charge is 2.27. The number of carbonyl (C=O) groups is 1. The van der Waals surface area contributed by atoms with E-state index in [1.165, 1.54) is 44.9 Å². The molecule has 0 aromatic rings. The van der Waals surface area contributed by atoms with Crippen LogP contribution >= 0.6 is 7.82 Å². The first-order chi connectivity index (χ1) is 23.9. The van der Waals surface area contributed by atoms with Crippen molar-refractivity contribution < 1.29 is 28.4 Å². The van der Waals surface area contributed by atoms with Crippen LogP contribution in [0.2, 0.25) is 0 Å². The van der Waals surface area contributed by atoms with E-state index in [0.29, 0.717) is 12.8 Å². The van der Waals surface area contributed by atoms with Crippen molar-refractivity contribution in [1.29, 1.82) is 0 Å². The molecule has 8 nitrogen and oxygen atoms in total. The van der Waals surface area contributed by atoms with Gasteiger partial charge in [0.05, 0.1) is 25.4 Å². The van der Waals surface area contributed by atoms with Gasteiger partial charge in [-0.3, -0.25) is 13.8 Å². The highest BCUT2D eigenvalue weighted by Crippen LogP contribution is 2.43. The molecule has 3 unspecified atom stereocenters. The average molecular weight is 709 g/mol. The van der Waals surface area contributed by atoms with Crippen LogP contribution in [-0.4, -0.2) is 47.8 Å². The van der Waals surface area contributed by atoms with Gasteiger partial charge in [-0.1, -0.05) is 152 Å². The maximum atomic E-state index is 12.7. The van der Waals surface area contributed by atoms with Crippen molar-refractivity contribution in [2.24, 2.45) is 5.73 Å². The molecule has 1 amide bonds. The molecule has 0 rings (SSSR count). The number of aliphatic hydroxyl groups is 1. The lowest BCUT2D eigenvalue weighted by atomic mass is 10.0. The van der Waals surface area contributed by atoms with E-state index in [9.17, 15) is 19.4 Å². The Kier molecular flexibility index (Phi) is 34.7. The Morgan fingerprint density at radius 1 is 0.694 bits per heavy atom. The number of nitrogens with one attached hydrogen (secondary N) is 1. The molecule has 0 radical (unpaired) electrons. The Bertz CT molecular complexity index is 949. The van der Waals surface area contributed by atoms with E-state index in [1.54, 1.807) is 0 Å². The highest BCUT2D eigenvalue weighted by molar-refractivity contribution is 7.47. The van der Waals surface area contributed by atoms with Crippen molar-refractivity contribution in [1.82, 2.24) is 5.32 Å². The minimum Gasteiger partial charge on any atom is -0.391 e. The van der Waals surface area contributed by atoms with Gasteiger partial charge in [0.15, 0.2) is 0 Å². The Hall–Kier alpha value is -1.80. The van der Waals surface area contributed by atoms with E-state index in [0.717, 1.165) is 83.5 Å². The molecule has 0 aliphatic heterocycles. The molecule has 0 aliphatic carbocycles. The fourth-order valence-electron chi connectivity index (χ4n) is 5.22. The largest absolute Gasteiger partial charge is 0.472 e. The minimum atomic E-state index is -4.31. The molecule has 3 atom stereocenters. The quantitative estimate of drug-likeness (QED) is 0.0293. The van der Waals surface area contributed by atoms with Gasteiger partial charge in [-0.25, -0.2) is 4.57 Å². The fraction of sp³-hybridized carbons (Fsp3) is 0.725. The zero-order chi connectivity index (χ0) is 36.1. The molecule has 5 N–H and O–H groups in total. The molecular formula is C40H73N2O6P. The van der Waals surface area contributed by atoms with Crippen LogP contribution in [0.5, 0.6) is 0 Å². The van der Waals surface area contributed by atoms with Crippen LogP contribution in [0, 0.1) is 0 Å². The number of unbranched alkanes of at least 4 members (excludes halogenated alkanes) is 13. The zero-order valence-electron chi connectivity index (χ0n) is 31.2. The van der Waals surface area contributed by atoms with Crippen LogP contribution in [0.4, 0.5) is 0 Å². The van der Waals surface area contributed by atoms with E-state index < -0.39 is 20.0 Å². The van der Waals surface area contributed by atoms with Gasteiger partial charge in [-0.05, 0) is 57.8 Å². The van der Waals surface area contributed by atoms with Gasteiger partial charge in [-0.2, -0.15) is 0 Å². The van der Waals surface area contributed by atoms with Crippen molar-refractivity contribution in [3.63, 3.8) is 0 Å². The van der Waals surface area contributed by atoms with Gasteiger partial charge < -0.3 is 21.1 Å². The highest BCUT2D eigenvalue weighted by atomic mass is 31.2. The lowest BCUT2D eigenvalue weighted by Gasteiger charge is -2.25. The number of aliphatic hydroxyl groups excluding tert-OH is 1. The smallest absolute Gasteiger partial charge is 0.391 e. The van der Waals surface area contributed by atoms with Crippen molar-refractivity contribution in [2.75, 3.05) is 19.8 Å². The molecule has 0 bridgehead atoms. The molecule has 0 aromatic carbocycles. The topological polar surface area (TPSA) is 131 Å². The molecule has 0 heterocycles. The van der Waals surface area contributed by atoms with Gasteiger partial charge in [-0.15, -0.1) is 0 Å². The summed E-state index contributed by atoms with van der Waals surface area (Å²) in [5.74, 6) is -0.181. The van der Waals surface area contributed by atoms with Gasteiger partial charge in [0.1, 0.15) is 0 Å². The van der Waals surface area contributed by atoms with E-state index >= 15 is 0 Å². The van der Waals surface area contributed by atoms with Crippen molar-refractivity contribution >= 4 is 13.7 Å². The third-order valence-electron chi connectivity index (χ3n) is 8.14. The maximum absolute atomic E-state index is 12.7. The SMILES string of the molecule is CC/C=C\C/C=C\C/C=C\C/C=C\C/C=C\CCCCCCCCCC(=O)NC(COP(=O)(O)OCCN)C(O)CCCCCCCCC. The number of hydrogen-bond donors (Lipinski definition) is 4. The predicted octanol–water partition coefficient (Wildman–Crippen LogP) is 10.3. The van der Waals surface area contributed by atoms with E-state index in [2.05, 4.69) is 79.9 Å². The van der Waals surface area contributed by atoms with Gasteiger partial charge in [0.2, 0.25) is 5.91 Å². The number of rotatable bonds is 35. The first-order valence-electron chi connectivity index (χ1n) is 19.4. The number of hydrogen-bond acceptors (Lipinski definition) is 6. The Morgan fingerprint density at radius 3 is 1.73 bits per heavy atom. The molecule has 284 valence electrons. The standard InChI is InChI=1S/C40H73N2O6P/c1-3-5-7-9-11-12-13-14-15-16-17-18-19-20-21-22-23-24-25-26-28-30-32-34-40(44)42-38(37-48-49(45,46)47-36-35-41)39(43)33-31-29-27-10-8-6-4-2/h5,7,11-12,14-15,17-18,20-21,38-39,43H,3-4,6,8-10,13,16,19,22-37,41H2,1-2H3,(H,42,44)(H,45,46)/b7-5-,12-11-,15-14-,18-17-,21-20-. The zero-order valence-corrected chi connectivity index (χ0v) is 32.1. The first kappa shape index (κ1) is 47.2. The molecule has 0 spiro atoms. The van der Waals surface area contributed by atoms with E-state index in [-0.39, 0.29) is 25.7 Å². The summed E-state index contributed by atoms with van der Waals surface area (Å²) in [6.07, 6.45) is 43.9. The predicted molar refractivity (Wildman–Crippen MR) is 207 cm³/mol. The second-order valence-electron chi connectivity index (χ2n) is 12.8. The third kappa shape index (κ3) is 34.4. The summed E-state index contributed by atoms with van der Waals surface area (Å²) in [5, 5.41) is 13.6. The summed E-state index contributed by atoms with van der Waals surface area (Å²) in [7, 11) is -4.31. The summed E-state index contributed by atoms with van der Waals surface area (Å²) in [5.41, 5.74) is 5.35. The molecular weight excluding hydrogens is 635 g/mol. The lowest BCUT2D eigenvalue weighted by Crippen LogP contribution is -2.46. The number of carbonyl (C=O) groups excluding carboxylic acids is 1. The first-order valence-corrected chi connectivity index (χ1v) is 20.9. The van der Waals surface area contributed by atoms with Crippen LogP contribution in [0.15, 0.2) is 60.8 Å². The second kappa shape index (κ2) is 36.0.